The molecule has 1 aliphatic rings. The van der Waals surface area contributed by atoms with Crippen LogP contribution in [0, 0.1) is 31.1 Å². The Balaban J connectivity index is 2.18. The van der Waals surface area contributed by atoms with Gasteiger partial charge < -0.3 is 5.32 Å². The molecular weight excluding hydrogens is 254 g/mol. The fourth-order valence-electron chi connectivity index (χ4n) is 4.09. The highest BCUT2D eigenvalue weighted by atomic mass is 14.9. The summed E-state index contributed by atoms with van der Waals surface area (Å²) in [6, 6.07) is 7.40. The van der Waals surface area contributed by atoms with Crippen LogP contribution in [0.25, 0.3) is 0 Å². The van der Waals surface area contributed by atoms with Crippen molar-refractivity contribution in [2.24, 2.45) is 17.3 Å². The lowest BCUT2D eigenvalue weighted by Crippen LogP contribution is -2.42. The normalized spacial score (nSPS) is 26.9. The summed E-state index contributed by atoms with van der Waals surface area (Å²) in [7, 11) is 2.14. The molecule has 3 unspecified atom stereocenters. The third-order valence-corrected chi connectivity index (χ3v) is 5.69. The fraction of sp³-hybridized carbons (Fsp3) is 0.700. The molecule has 0 saturated heterocycles. The van der Waals surface area contributed by atoms with Crippen molar-refractivity contribution in [1.29, 1.82) is 0 Å². The summed E-state index contributed by atoms with van der Waals surface area (Å²) < 4.78 is 0. The van der Waals surface area contributed by atoms with Gasteiger partial charge in [0.15, 0.2) is 0 Å². The SMILES string of the molecule is CNC1CCC(C(C)(C)C)CC1Cc1c(C)cccc1C. The van der Waals surface area contributed by atoms with Crippen molar-refractivity contribution in [1.82, 2.24) is 5.32 Å². The maximum Gasteiger partial charge on any atom is 0.00957 e. The van der Waals surface area contributed by atoms with Crippen molar-refractivity contribution in [3.05, 3.63) is 34.9 Å². The molecule has 118 valence electrons. The number of hydrogen-bond acceptors (Lipinski definition) is 1. The standard InChI is InChI=1S/C20H33N/c1-14-8-7-9-15(2)18(14)13-16-12-17(20(3,4)5)10-11-19(16)21-6/h7-9,16-17,19,21H,10-13H2,1-6H3. The first kappa shape index (κ1) is 16.5. The zero-order chi connectivity index (χ0) is 15.6. The first-order valence-corrected chi connectivity index (χ1v) is 8.55. The Hall–Kier alpha value is -0.820. The van der Waals surface area contributed by atoms with E-state index in [2.05, 4.69) is 65.2 Å². The Kier molecular flexibility index (Phi) is 5.14. The van der Waals surface area contributed by atoms with Crippen LogP contribution < -0.4 is 5.32 Å². The van der Waals surface area contributed by atoms with Gasteiger partial charge in [0.05, 0.1) is 0 Å². The van der Waals surface area contributed by atoms with Crippen molar-refractivity contribution in [2.75, 3.05) is 7.05 Å². The molecule has 1 fully saturated rings. The van der Waals surface area contributed by atoms with Gasteiger partial charge in [-0.2, -0.15) is 0 Å². The number of hydrogen-bond donors (Lipinski definition) is 1. The van der Waals surface area contributed by atoms with E-state index in [1.807, 2.05) is 0 Å². The van der Waals surface area contributed by atoms with Crippen molar-refractivity contribution in [2.45, 2.75) is 66.3 Å². The van der Waals surface area contributed by atoms with Crippen LogP contribution in [-0.4, -0.2) is 13.1 Å². The summed E-state index contributed by atoms with van der Waals surface area (Å²) in [6.07, 6.45) is 5.30. The molecule has 1 aliphatic carbocycles. The third kappa shape index (κ3) is 3.88. The highest BCUT2D eigenvalue weighted by Crippen LogP contribution is 2.41. The molecule has 1 aromatic rings. The average Bonchev–Trinajstić information content (AvgIpc) is 2.42. The Labute approximate surface area is 131 Å². The second-order valence-electron chi connectivity index (χ2n) is 8.11. The smallest absolute Gasteiger partial charge is 0.00957 e. The van der Waals surface area contributed by atoms with Gasteiger partial charge in [0.1, 0.15) is 0 Å². The molecule has 0 bridgehead atoms. The van der Waals surface area contributed by atoms with Gasteiger partial charge in [-0.1, -0.05) is 39.0 Å². The van der Waals surface area contributed by atoms with E-state index in [9.17, 15) is 0 Å². The van der Waals surface area contributed by atoms with Gasteiger partial charge in [0.25, 0.3) is 0 Å². The molecular formula is C20H33N. The Bertz CT molecular complexity index is 449. The predicted molar refractivity (Wildman–Crippen MR) is 92.8 cm³/mol. The molecule has 0 spiro atoms. The maximum absolute atomic E-state index is 3.59. The molecule has 2 rings (SSSR count). The van der Waals surface area contributed by atoms with E-state index in [0.29, 0.717) is 11.5 Å². The number of rotatable bonds is 3. The molecule has 21 heavy (non-hydrogen) atoms. The van der Waals surface area contributed by atoms with E-state index in [1.165, 1.54) is 36.8 Å². The fourth-order valence-corrected chi connectivity index (χ4v) is 4.09. The molecule has 0 radical (unpaired) electrons. The zero-order valence-electron chi connectivity index (χ0n) is 14.8. The summed E-state index contributed by atoms with van der Waals surface area (Å²) in [5, 5.41) is 3.59. The highest BCUT2D eigenvalue weighted by molar-refractivity contribution is 5.34. The molecule has 1 heteroatoms. The van der Waals surface area contributed by atoms with Gasteiger partial charge in [-0.15, -0.1) is 0 Å². The minimum Gasteiger partial charge on any atom is -0.317 e. The summed E-state index contributed by atoms with van der Waals surface area (Å²) in [5.74, 6) is 1.63. The van der Waals surface area contributed by atoms with E-state index >= 15 is 0 Å². The van der Waals surface area contributed by atoms with Gasteiger partial charge in [0, 0.05) is 6.04 Å². The Morgan fingerprint density at radius 1 is 1.10 bits per heavy atom. The third-order valence-electron chi connectivity index (χ3n) is 5.69. The van der Waals surface area contributed by atoms with Crippen LogP contribution in [0.2, 0.25) is 0 Å². The molecule has 0 heterocycles. The number of nitrogens with one attached hydrogen (secondary N) is 1. The second-order valence-corrected chi connectivity index (χ2v) is 8.11. The van der Waals surface area contributed by atoms with E-state index in [4.69, 9.17) is 0 Å². The van der Waals surface area contributed by atoms with Crippen LogP contribution in [-0.2, 0) is 6.42 Å². The minimum atomic E-state index is 0.442. The van der Waals surface area contributed by atoms with Crippen molar-refractivity contribution >= 4 is 0 Å². The van der Waals surface area contributed by atoms with Crippen LogP contribution in [0.4, 0.5) is 0 Å². The minimum absolute atomic E-state index is 0.442. The van der Waals surface area contributed by atoms with Gasteiger partial charge in [0.2, 0.25) is 0 Å². The first-order chi connectivity index (χ1) is 9.82. The first-order valence-electron chi connectivity index (χ1n) is 8.55. The van der Waals surface area contributed by atoms with Crippen LogP contribution in [0.5, 0.6) is 0 Å². The lowest BCUT2D eigenvalue weighted by Gasteiger charge is -2.42. The van der Waals surface area contributed by atoms with Gasteiger partial charge >= 0.3 is 0 Å². The molecule has 0 amide bonds. The summed E-state index contributed by atoms with van der Waals surface area (Å²) in [5.41, 5.74) is 4.94. The maximum atomic E-state index is 3.59. The highest BCUT2D eigenvalue weighted by Gasteiger charge is 2.35. The quantitative estimate of drug-likeness (QED) is 0.834. The van der Waals surface area contributed by atoms with E-state index in [0.717, 1.165) is 11.8 Å². The monoisotopic (exact) mass is 287 g/mol. The van der Waals surface area contributed by atoms with E-state index in [1.54, 1.807) is 5.56 Å². The van der Waals surface area contributed by atoms with Crippen LogP contribution in [0.15, 0.2) is 18.2 Å². The molecule has 1 N–H and O–H groups in total. The van der Waals surface area contributed by atoms with Crippen LogP contribution in [0.1, 0.15) is 56.7 Å². The Morgan fingerprint density at radius 3 is 2.24 bits per heavy atom. The molecule has 3 atom stereocenters. The average molecular weight is 287 g/mol. The number of aryl methyl sites for hydroxylation is 2. The lowest BCUT2D eigenvalue weighted by atomic mass is 9.66. The lowest BCUT2D eigenvalue weighted by molar-refractivity contribution is 0.116. The van der Waals surface area contributed by atoms with Crippen molar-refractivity contribution in [3.63, 3.8) is 0 Å². The van der Waals surface area contributed by atoms with Gasteiger partial charge in [-0.25, -0.2) is 0 Å². The predicted octanol–water partition coefficient (Wildman–Crippen LogP) is 4.90. The topological polar surface area (TPSA) is 12.0 Å². The largest absolute Gasteiger partial charge is 0.317 e. The molecule has 0 aliphatic heterocycles. The Morgan fingerprint density at radius 2 is 1.71 bits per heavy atom. The van der Waals surface area contributed by atoms with E-state index < -0.39 is 0 Å². The zero-order valence-corrected chi connectivity index (χ0v) is 14.8. The number of benzene rings is 1. The van der Waals surface area contributed by atoms with Gasteiger partial charge in [-0.05, 0) is 80.5 Å². The van der Waals surface area contributed by atoms with Crippen molar-refractivity contribution in [3.8, 4) is 0 Å². The van der Waals surface area contributed by atoms with Crippen LogP contribution >= 0.6 is 0 Å². The molecule has 1 nitrogen and oxygen atoms in total. The summed E-state index contributed by atoms with van der Waals surface area (Å²) >= 11 is 0. The van der Waals surface area contributed by atoms with Gasteiger partial charge in [-0.3, -0.25) is 0 Å². The van der Waals surface area contributed by atoms with E-state index in [-0.39, 0.29) is 0 Å². The molecule has 1 saturated carbocycles. The summed E-state index contributed by atoms with van der Waals surface area (Å²) in [4.78, 5) is 0. The second kappa shape index (κ2) is 6.52. The molecule has 1 aromatic carbocycles. The summed E-state index contributed by atoms with van der Waals surface area (Å²) in [6.45, 7) is 11.8. The molecule has 0 aromatic heterocycles. The van der Waals surface area contributed by atoms with Crippen molar-refractivity contribution < 1.29 is 0 Å². The van der Waals surface area contributed by atoms with Crippen LogP contribution in [0.3, 0.4) is 0 Å².